The first-order valence-corrected chi connectivity index (χ1v) is 25.7. The highest BCUT2D eigenvalue weighted by molar-refractivity contribution is 5.71. The zero-order valence-corrected chi connectivity index (χ0v) is 39.1. The second kappa shape index (κ2) is 47.8. The van der Waals surface area contributed by atoms with E-state index in [4.69, 9.17) is 14.2 Å². The van der Waals surface area contributed by atoms with Crippen LogP contribution in [0.15, 0.2) is 12.2 Å². The minimum atomic E-state index is -0.762. The van der Waals surface area contributed by atoms with Crippen LogP contribution in [-0.4, -0.2) is 37.2 Å². The maximum Gasteiger partial charge on any atom is 0.306 e. The molecule has 1 unspecified atom stereocenters. The SMILES string of the molecule is CCCCCCCC/C=C\CCCCCCCCCCCC(=O)OCC(COC(=O)CCCCCCCCCCC)OC(=O)CCCCCCCCCCCCCC. The van der Waals surface area contributed by atoms with Crippen molar-refractivity contribution in [3.8, 4) is 0 Å². The molecule has 0 bridgehead atoms. The topological polar surface area (TPSA) is 78.9 Å². The molecule has 0 rings (SSSR count). The van der Waals surface area contributed by atoms with Crippen LogP contribution in [0.3, 0.4) is 0 Å². The summed E-state index contributed by atoms with van der Waals surface area (Å²) in [4.78, 5) is 37.8. The summed E-state index contributed by atoms with van der Waals surface area (Å²) in [7, 11) is 0. The van der Waals surface area contributed by atoms with Crippen LogP contribution < -0.4 is 0 Å². The van der Waals surface area contributed by atoms with E-state index in [1.165, 1.54) is 186 Å². The molecule has 0 aliphatic rings. The third-order valence-corrected chi connectivity index (χ3v) is 11.5. The molecule has 0 N–H and O–H groups in total. The zero-order chi connectivity index (χ0) is 42.3. The number of unbranched alkanes of at least 4 members (excludes halogenated alkanes) is 34. The van der Waals surface area contributed by atoms with Crippen LogP contribution >= 0.6 is 0 Å². The van der Waals surface area contributed by atoms with Crippen LogP contribution in [0.2, 0.25) is 0 Å². The molecule has 6 nitrogen and oxygen atoms in total. The summed E-state index contributed by atoms with van der Waals surface area (Å²) in [5.41, 5.74) is 0. The molecule has 0 aliphatic heterocycles. The Bertz CT molecular complexity index is 900. The summed E-state index contributed by atoms with van der Waals surface area (Å²) in [6.07, 6.45) is 52.0. The molecular formula is C52H98O6. The Balaban J connectivity index is 4.23. The number of carbonyl (C=O) groups excluding carboxylic acids is 3. The quantitative estimate of drug-likeness (QED) is 0.0263. The van der Waals surface area contributed by atoms with Crippen LogP contribution in [0.4, 0.5) is 0 Å². The van der Waals surface area contributed by atoms with Gasteiger partial charge in [0.05, 0.1) is 0 Å². The van der Waals surface area contributed by atoms with Crippen molar-refractivity contribution in [2.75, 3.05) is 13.2 Å². The molecule has 1 atom stereocenters. The summed E-state index contributed by atoms with van der Waals surface area (Å²) in [6, 6.07) is 0. The molecule has 0 amide bonds. The van der Waals surface area contributed by atoms with Crippen molar-refractivity contribution in [1.82, 2.24) is 0 Å². The van der Waals surface area contributed by atoms with Crippen LogP contribution in [0.5, 0.6) is 0 Å². The van der Waals surface area contributed by atoms with Crippen LogP contribution in [0, 0.1) is 0 Å². The number of rotatable bonds is 47. The average Bonchev–Trinajstić information content (AvgIpc) is 3.22. The van der Waals surface area contributed by atoms with E-state index in [1.807, 2.05) is 0 Å². The standard InChI is InChI=1S/C52H98O6/c1-4-7-10-13-16-19-21-23-24-25-26-27-28-29-31-33-36-39-42-45-51(54)57-48-49(47-56-50(53)44-41-38-35-32-18-15-12-9-6-3)58-52(55)46-43-40-37-34-30-22-20-17-14-11-8-5-2/h23-24,49H,4-22,25-48H2,1-3H3/b24-23-. The van der Waals surface area contributed by atoms with Gasteiger partial charge in [-0.1, -0.05) is 232 Å². The van der Waals surface area contributed by atoms with Crippen LogP contribution in [0.1, 0.15) is 284 Å². The van der Waals surface area contributed by atoms with Crippen molar-refractivity contribution in [1.29, 1.82) is 0 Å². The van der Waals surface area contributed by atoms with Crippen LogP contribution in [-0.2, 0) is 28.6 Å². The molecule has 0 heterocycles. The Morgan fingerprint density at radius 3 is 0.862 bits per heavy atom. The summed E-state index contributed by atoms with van der Waals surface area (Å²) >= 11 is 0. The summed E-state index contributed by atoms with van der Waals surface area (Å²) in [5, 5.41) is 0. The lowest BCUT2D eigenvalue weighted by molar-refractivity contribution is -0.167. The first-order valence-electron chi connectivity index (χ1n) is 25.7. The molecule has 0 spiro atoms. The predicted octanol–water partition coefficient (Wildman–Crippen LogP) is 16.6. The lowest BCUT2D eigenvalue weighted by atomic mass is 10.0. The number of allylic oxidation sites excluding steroid dienone is 2. The molecule has 0 saturated heterocycles. The van der Waals surface area contributed by atoms with Gasteiger partial charge in [0, 0.05) is 19.3 Å². The first kappa shape index (κ1) is 56.1. The molecule has 0 saturated carbocycles. The van der Waals surface area contributed by atoms with E-state index < -0.39 is 6.10 Å². The molecule has 0 aromatic rings. The Labute approximate surface area is 360 Å². The van der Waals surface area contributed by atoms with Gasteiger partial charge in [-0.15, -0.1) is 0 Å². The Morgan fingerprint density at radius 1 is 0.328 bits per heavy atom. The molecular weight excluding hydrogens is 721 g/mol. The van der Waals surface area contributed by atoms with E-state index >= 15 is 0 Å². The van der Waals surface area contributed by atoms with Gasteiger partial charge in [0.25, 0.3) is 0 Å². The lowest BCUT2D eigenvalue weighted by Crippen LogP contribution is -2.30. The molecule has 0 fully saturated rings. The van der Waals surface area contributed by atoms with E-state index in [0.717, 1.165) is 57.8 Å². The van der Waals surface area contributed by atoms with Crippen LogP contribution in [0.25, 0.3) is 0 Å². The van der Waals surface area contributed by atoms with Gasteiger partial charge in [-0.25, -0.2) is 0 Å². The summed E-state index contributed by atoms with van der Waals surface area (Å²) in [6.45, 7) is 6.64. The van der Waals surface area contributed by atoms with Crippen molar-refractivity contribution in [3.63, 3.8) is 0 Å². The molecule has 0 aromatic heterocycles. The maximum atomic E-state index is 12.7. The van der Waals surface area contributed by atoms with E-state index in [2.05, 4.69) is 32.9 Å². The van der Waals surface area contributed by atoms with Crippen molar-refractivity contribution in [2.45, 2.75) is 290 Å². The summed E-state index contributed by atoms with van der Waals surface area (Å²) in [5.74, 6) is -0.856. The van der Waals surface area contributed by atoms with Gasteiger partial charge in [-0.3, -0.25) is 14.4 Å². The number of hydrogen-bond donors (Lipinski definition) is 0. The average molecular weight is 819 g/mol. The zero-order valence-electron chi connectivity index (χ0n) is 39.1. The molecule has 0 radical (unpaired) electrons. The van der Waals surface area contributed by atoms with E-state index in [1.54, 1.807) is 0 Å². The monoisotopic (exact) mass is 819 g/mol. The Hall–Kier alpha value is -1.85. The highest BCUT2D eigenvalue weighted by Gasteiger charge is 2.19. The first-order chi connectivity index (χ1) is 28.5. The Kier molecular flexibility index (Phi) is 46.3. The lowest BCUT2D eigenvalue weighted by Gasteiger charge is -2.18. The van der Waals surface area contributed by atoms with Gasteiger partial charge >= 0.3 is 17.9 Å². The fourth-order valence-corrected chi connectivity index (χ4v) is 7.61. The van der Waals surface area contributed by atoms with Gasteiger partial charge in [0.1, 0.15) is 13.2 Å². The third-order valence-electron chi connectivity index (χ3n) is 11.5. The van der Waals surface area contributed by atoms with Crippen molar-refractivity contribution in [3.05, 3.63) is 12.2 Å². The second-order valence-corrected chi connectivity index (χ2v) is 17.4. The van der Waals surface area contributed by atoms with E-state index in [-0.39, 0.29) is 31.1 Å². The highest BCUT2D eigenvalue weighted by Crippen LogP contribution is 2.16. The smallest absolute Gasteiger partial charge is 0.306 e. The molecule has 6 heteroatoms. The van der Waals surface area contributed by atoms with Crippen molar-refractivity contribution >= 4 is 17.9 Å². The maximum absolute atomic E-state index is 12.7. The number of esters is 3. The van der Waals surface area contributed by atoms with Gasteiger partial charge in [0.15, 0.2) is 6.10 Å². The normalized spacial score (nSPS) is 12.0. The van der Waals surface area contributed by atoms with E-state index in [0.29, 0.717) is 19.3 Å². The fourth-order valence-electron chi connectivity index (χ4n) is 7.61. The third kappa shape index (κ3) is 45.2. The minimum absolute atomic E-state index is 0.0658. The minimum Gasteiger partial charge on any atom is -0.462 e. The van der Waals surface area contributed by atoms with Gasteiger partial charge < -0.3 is 14.2 Å². The molecule has 0 aromatic carbocycles. The molecule has 342 valence electrons. The van der Waals surface area contributed by atoms with Crippen molar-refractivity contribution in [2.24, 2.45) is 0 Å². The van der Waals surface area contributed by atoms with Gasteiger partial charge in [0.2, 0.25) is 0 Å². The number of ether oxygens (including phenoxy) is 3. The fraction of sp³-hybridized carbons (Fsp3) is 0.904. The number of hydrogen-bond acceptors (Lipinski definition) is 6. The second-order valence-electron chi connectivity index (χ2n) is 17.4. The molecule has 58 heavy (non-hydrogen) atoms. The van der Waals surface area contributed by atoms with Gasteiger partial charge in [-0.05, 0) is 44.9 Å². The number of carbonyl (C=O) groups is 3. The van der Waals surface area contributed by atoms with Gasteiger partial charge in [-0.2, -0.15) is 0 Å². The molecule has 0 aliphatic carbocycles. The van der Waals surface area contributed by atoms with Crippen molar-refractivity contribution < 1.29 is 28.6 Å². The van der Waals surface area contributed by atoms with E-state index in [9.17, 15) is 14.4 Å². The highest BCUT2D eigenvalue weighted by atomic mass is 16.6. The predicted molar refractivity (Wildman–Crippen MR) is 247 cm³/mol. The largest absolute Gasteiger partial charge is 0.462 e. The summed E-state index contributed by atoms with van der Waals surface area (Å²) < 4.78 is 16.8. The Morgan fingerprint density at radius 2 is 0.569 bits per heavy atom.